The highest BCUT2D eigenvalue weighted by molar-refractivity contribution is 5.98. The lowest BCUT2D eigenvalue weighted by molar-refractivity contribution is -0.114. The van der Waals surface area contributed by atoms with Crippen LogP contribution in [0.3, 0.4) is 0 Å². The van der Waals surface area contributed by atoms with E-state index in [1.54, 1.807) is 13.1 Å². The molecule has 1 atom stereocenters. The zero-order valence-corrected chi connectivity index (χ0v) is 11.8. The number of aromatic nitrogens is 1. The number of carbonyl (C=O) groups is 2. The van der Waals surface area contributed by atoms with Gasteiger partial charge in [-0.1, -0.05) is 18.2 Å². The van der Waals surface area contributed by atoms with E-state index < -0.39 is 6.04 Å². The Bertz CT molecular complexity index is 780. The lowest BCUT2D eigenvalue weighted by Crippen LogP contribution is -2.44. The van der Waals surface area contributed by atoms with Crippen LogP contribution in [0.25, 0.3) is 10.9 Å². The van der Waals surface area contributed by atoms with Crippen molar-refractivity contribution in [2.45, 2.75) is 19.9 Å². The maximum atomic E-state index is 11.9. The number of nitrogens with zero attached hydrogens (tertiary/aromatic N) is 1. The molecule has 0 saturated carbocycles. The van der Waals surface area contributed by atoms with Crippen molar-refractivity contribution in [2.75, 3.05) is 0 Å². The second-order valence-electron chi connectivity index (χ2n) is 5.09. The van der Waals surface area contributed by atoms with Gasteiger partial charge in [0.1, 0.15) is 0 Å². The first-order chi connectivity index (χ1) is 10.1. The van der Waals surface area contributed by atoms with Crippen LogP contribution in [-0.2, 0) is 4.79 Å². The summed E-state index contributed by atoms with van der Waals surface area (Å²) < 4.78 is 0. The predicted molar refractivity (Wildman–Crippen MR) is 79.5 cm³/mol. The molecule has 0 fully saturated rings. The van der Waals surface area contributed by atoms with Crippen LogP contribution in [0.1, 0.15) is 25.5 Å². The number of carbonyl (C=O) groups excluding carboxylic acids is 2. The molecule has 2 amide bonds. The number of urea groups is 1. The summed E-state index contributed by atoms with van der Waals surface area (Å²) in [6.45, 7) is 3.23. The molecule has 1 aromatic carbocycles. The highest BCUT2D eigenvalue weighted by Gasteiger charge is 2.29. The van der Waals surface area contributed by atoms with Crippen LogP contribution >= 0.6 is 0 Å². The van der Waals surface area contributed by atoms with Crippen LogP contribution in [-0.4, -0.2) is 16.8 Å². The molecule has 106 valence electrons. The summed E-state index contributed by atoms with van der Waals surface area (Å²) in [6, 6.07) is 8.92. The van der Waals surface area contributed by atoms with Crippen LogP contribution in [0, 0.1) is 0 Å². The van der Waals surface area contributed by atoms with Gasteiger partial charge in [-0.25, -0.2) is 4.79 Å². The number of nitrogens with one attached hydrogen (secondary N) is 2. The zero-order valence-electron chi connectivity index (χ0n) is 11.8. The molecule has 0 saturated heterocycles. The second-order valence-corrected chi connectivity index (χ2v) is 5.09. The summed E-state index contributed by atoms with van der Waals surface area (Å²) >= 11 is 0. The number of hydrogen-bond donors (Lipinski definition) is 2. The second kappa shape index (κ2) is 5.01. The predicted octanol–water partition coefficient (Wildman–Crippen LogP) is 2.45. The highest BCUT2D eigenvalue weighted by Crippen LogP contribution is 2.28. The van der Waals surface area contributed by atoms with Crippen molar-refractivity contribution in [3.8, 4) is 0 Å². The Morgan fingerprint density at radius 1 is 1.29 bits per heavy atom. The molecule has 2 aromatic rings. The molecule has 2 heterocycles. The van der Waals surface area contributed by atoms with Crippen molar-refractivity contribution in [2.24, 2.45) is 0 Å². The lowest BCUT2D eigenvalue weighted by Gasteiger charge is -2.27. The average molecular weight is 281 g/mol. The number of pyridine rings is 1. The van der Waals surface area contributed by atoms with Crippen molar-refractivity contribution in [1.82, 2.24) is 15.6 Å². The summed E-state index contributed by atoms with van der Waals surface area (Å²) in [5.74, 6) is -0.0711. The first kappa shape index (κ1) is 13.3. The third-order valence-electron chi connectivity index (χ3n) is 3.59. The number of amides is 2. The van der Waals surface area contributed by atoms with E-state index in [0.29, 0.717) is 11.3 Å². The maximum absolute atomic E-state index is 11.9. The Hall–Kier alpha value is -2.69. The standard InChI is InChI=1S/C16H15N3O2/c1-9-14(10(2)20)15(19-16(21)18-9)12-7-11-5-3-4-6-13(11)17-8-12/h3-8,15H,1-2H3,(H2,18,19,21)/t15-/m1/s1. The van der Waals surface area contributed by atoms with Gasteiger partial charge in [-0.3, -0.25) is 9.78 Å². The van der Waals surface area contributed by atoms with Gasteiger partial charge < -0.3 is 10.6 Å². The van der Waals surface area contributed by atoms with Gasteiger partial charge >= 0.3 is 6.03 Å². The van der Waals surface area contributed by atoms with Crippen LogP contribution in [0.2, 0.25) is 0 Å². The van der Waals surface area contributed by atoms with Gasteiger partial charge in [0.15, 0.2) is 5.78 Å². The maximum Gasteiger partial charge on any atom is 0.319 e. The number of benzene rings is 1. The van der Waals surface area contributed by atoms with E-state index in [-0.39, 0.29) is 11.8 Å². The van der Waals surface area contributed by atoms with Gasteiger partial charge in [0.05, 0.1) is 11.6 Å². The molecule has 0 spiro atoms. The number of Topliss-reactive ketones (excluding diaryl/α,β-unsaturated/α-hetero) is 1. The van der Waals surface area contributed by atoms with E-state index in [9.17, 15) is 9.59 Å². The molecule has 1 aromatic heterocycles. The first-order valence-electron chi connectivity index (χ1n) is 6.70. The summed E-state index contributed by atoms with van der Waals surface area (Å²) in [6.07, 6.45) is 1.70. The van der Waals surface area contributed by atoms with Crippen LogP contribution in [0.5, 0.6) is 0 Å². The van der Waals surface area contributed by atoms with E-state index in [1.807, 2.05) is 30.3 Å². The van der Waals surface area contributed by atoms with Gasteiger partial charge in [-0.05, 0) is 31.5 Å². The van der Waals surface area contributed by atoms with Crippen LogP contribution in [0.15, 0.2) is 47.8 Å². The largest absolute Gasteiger partial charge is 0.327 e. The van der Waals surface area contributed by atoms with Crippen molar-refractivity contribution >= 4 is 22.7 Å². The van der Waals surface area contributed by atoms with Gasteiger partial charge in [0.25, 0.3) is 0 Å². The van der Waals surface area contributed by atoms with Crippen molar-refractivity contribution in [3.05, 3.63) is 53.4 Å². The smallest absolute Gasteiger partial charge is 0.319 e. The molecule has 0 radical (unpaired) electrons. The molecule has 3 rings (SSSR count). The van der Waals surface area contributed by atoms with E-state index in [0.717, 1.165) is 16.5 Å². The summed E-state index contributed by atoms with van der Waals surface area (Å²) in [7, 11) is 0. The quantitative estimate of drug-likeness (QED) is 0.888. The normalized spacial score (nSPS) is 18.4. The van der Waals surface area contributed by atoms with E-state index >= 15 is 0 Å². The third-order valence-corrected chi connectivity index (χ3v) is 3.59. The summed E-state index contributed by atoms with van der Waals surface area (Å²) in [5, 5.41) is 6.40. The third kappa shape index (κ3) is 2.38. The first-order valence-corrected chi connectivity index (χ1v) is 6.70. The molecular formula is C16H15N3O2. The molecular weight excluding hydrogens is 266 g/mol. The van der Waals surface area contributed by atoms with Gasteiger partial charge in [-0.15, -0.1) is 0 Å². The fraction of sp³-hybridized carbons (Fsp3) is 0.188. The topological polar surface area (TPSA) is 71.1 Å². The fourth-order valence-electron chi connectivity index (χ4n) is 2.66. The molecule has 5 heteroatoms. The van der Waals surface area contributed by atoms with E-state index in [2.05, 4.69) is 15.6 Å². The lowest BCUT2D eigenvalue weighted by atomic mass is 9.93. The van der Waals surface area contributed by atoms with Crippen molar-refractivity contribution < 1.29 is 9.59 Å². The molecule has 2 N–H and O–H groups in total. The Kier molecular flexibility index (Phi) is 3.17. The number of allylic oxidation sites excluding steroid dienone is 1. The summed E-state index contributed by atoms with van der Waals surface area (Å²) in [5.41, 5.74) is 2.83. The Morgan fingerprint density at radius 3 is 2.81 bits per heavy atom. The van der Waals surface area contributed by atoms with Crippen LogP contribution in [0.4, 0.5) is 4.79 Å². The molecule has 0 bridgehead atoms. The molecule has 1 aliphatic heterocycles. The number of para-hydroxylation sites is 1. The SMILES string of the molecule is CC(=O)C1=C(C)NC(=O)N[C@@H]1c1cnc2ccccc2c1. The number of ketones is 1. The van der Waals surface area contributed by atoms with Gasteiger partial charge in [0.2, 0.25) is 0 Å². The van der Waals surface area contributed by atoms with Gasteiger partial charge in [0, 0.05) is 22.9 Å². The van der Waals surface area contributed by atoms with Crippen molar-refractivity contribution in [1.29, 1.82) is 0 Å². The zero-order chi connectivity index (χ0) is 15.0. The molecule has 0 aliphatic carbocycles. The molecule has 0 unspecified atom stereocenters. The summed E-state index contributed by atoms with van der Waals surface area (Å²) in [4.78, 5) is 28.0. The Labute approximate surface area is 122 Å². The highest BCUT2D eigenvalue weighted by atomic mass is 16.2. The minimum absolute atomic E-state index is 0.0711. The number of fused-ring (bicyclic) bond motifs is 1. The van der Waals surface area contributed by atoms with E-state index in [4.69, 9.17) is 0 Å². The average Bonchev–Trinajstić information content (AvgIpc) is 2.45. The fourth-order valence-corrected chi connectivity index (χ4v) is 2.66. The number of hydrogen-bond acceptors (Lipinski definition) is 3. The minimum atomic E-state index is -0.464. The van der Waals surface area contributed by atoms with Crippen molar-refractivity contribution in [3.63, 3.8) is 0 Å². The monoisotopic (exact) mass is 281 g/mol. The molecule has 21 heavy (non-hydrogen) atoms. The minimum Gasteiger partial charge on any atom is -0.327 e. The number of rotatable bonds is 2. The molecule has 1 aliphatic rings. The molecule has 5 nitrogen and oxygen atoms in total. The Morgan fingerprint density at radius 2 is 2.05 bits per heavy atom. The van der Waals surface area contributed by atoms with E-state index in [1.165, 1.54) is 6.92 Å². The Balaban J connectivity index is 2.13. The van der Waals surface area contributed by atoms with Gasteiger partial charge in [-0.2, -0.15) is 0 Å². The van der Waals surface area contributed by atoms with Crippen LogP contribution < -0.4 is 10.6 Å².